The molecule has 0 fully saturated rings. The van der Waals surface area contributed by atoms with Crippen molar-refractivity contribution in [1.82, 2.24) is 4.98 Å². The van der Waals surface area contributed by atoms with Crippen molar-refractivity contribution in [3.05, 3.63) is 48.7 Å². The molecule has 1 aromatic heterocycles. The maximum absolute atomic E-state index is 11.4. The van der Waals surface area contributed by atoms with Crippen LogP contribution in [0.3, 0.4) is 0 Å². The van der Waals surface area contributed by atoms with Crippen LogP contribution in [0.2, 0.25) is 0 Å². The Morgan fingerprint density at radius 1 is 0.826 bits per heavy atom. The van der Waals surface area contributed by atoms with Gasteiger partial charge in [0.05, 0.1) is 5.52 Å². The highest BCUT2D eigenvalue weighted by molar-refractivity contribution is 7.86. The number of nitrogens with zero attached hydrogens (tertiary/aromatic N) is 1. The molecule has 3 N–H and O–H groups in total. The summed E-state index contributed by atoms with van der Waals surface area (Å²) in [4.78, 5) is 4.17. The molecule has 0 saturated carbocycles. The van der Waals surface area contributed by atoms with Gasteiger partial charge < -0.3 is 0 Å². The van der Waals surface area contributed by atoms with Crippen LogP contribution in [0, 0.1) is 0 Å². The Morgan fingerprint density at radius 2 is 1.39 bits per heavy atom. The molecule has 0 aliphatic carbocycles. The Balaban J connectivity index is 0.000000338. The van der Waals surface area contributed by atoms with Crippen molar-refractivity contribution in [2.75, 3.05) is 0 Å². The maximum Gasteiger partial charge on any atom is 0.394 e. The number of pyridine rings is 1. The van der Waals surface area contributed by atoms with Gasteiger partial charge >= 0.3 is 10.4 Å². The first-order valence-corrected chi connectivity index (χ1v) is 8.85. The van der Waals surface area contributed by atoms with E-state index in [0.717, 1.165) is 5.52 Å². The number of hydrogen-bond acceptors (Lipinski definition) is 5. The zero-order valence-electron chi connectivity index (χ0n) is 11.4. The highest BCUT2D eigenvalue weighted by Gasteiger charge is 2.16. The second-order valence-corrected chi connectivity index (χ2v) is 6.70. The van der Waals surface area contributed by atoms with E-state index in [9.17, 15) is 13.0 Å². The number of fused-ring (bicyclic) bond motifs is 3. The summed E-state index contributed by atoms with van der Waals surface area (Å²) in [7, 11) is -8.92. The highest BCUT2D eigenvalue weighted by Crippen LogP contribution is 2.29. The Morgan fingerprint density at radius 3 is 1.96 bits per heavy atom. The maximum atomic E-state index is 11.4. The van der Waals surface area contributed by atoms with Crippen molar-refractivity contribution in [2.24, 2.45) is 0 Å². The molecular formula is C13H11NO7S2. The number of rotatable bonds is 1. The van der Waals surface area contributed by atoms with Crippen LogP contribution in [0.1, 0.15) is 0 Å². The molecule has 23 heavy (non-hydrogen) atoms. The van der Waals surface area contributed by atoms with E-state index < -0.39 is 20.5 Å². The van der Waals surface area contributed by atoms with Gasteiger partial charge in [0.15, 0.2) is 0 Å². The zero-order valence-corrected chi connectivity index (χ0v) is 13.0. The van der Waals surface area contributed by atoms with Gasteiger partial charge in [-0.05, 0) is 12.1 Å². The lowest BCUT2D eigenvalue weighted by Gasteiger charge is -2.07. The molecule has 0 amide bonds. The summed E-state index contributed by atoms with van der Waals surface area (Å²) in [5.41, 5.74) is 0.723. The second kappa shape index (κ2) is 6.18. The summed E-state index contributed by atoms with van der Waals surface area (Å²) in [6.45, 7) is 0. The molecule has 122 valence electrons. The first kappa shape index (κ1) is 17.2. The molecule has 0 aliphatic heterocycles. The third-order valence-electron chi connectivity index (χ3n) is 2.85. The van der Waals surface area contributed by atoms with Crippen molar-refractivity contribution in [3.8, 4) is 0 Å². The van der Waals surface area contributed by atoms with E-state index in [1.54, 1.807) is 36.5 Å². The monoisotopic (exact) mass is 357 g/mol. The normalized spacial score (nSPS) is 12.0. The fraction of sp³-hybridized carbons (Fsp3) is 0. The minimum Gasteiger partial charge on any atom is -0.282 e. The van der Waals surface area contributed by atoms with Crippen LogP contribution in [-0.4, -0.2) is 35.5 Å². The minimum absolute atomic E-state index is 0.0846. The van der Waals surface area contributed by atoms with E-state index in [0.29, 0.717) is 16.2 Å². The number of aromatic nitrogens is 1. The minimum atomic E-state index is -4.67. The summed E-state index contributed by atoms with van der Waals surface area (Å²) < 4.78 is 63.7. The molecule has 0 aliphatic rings. The molecule has 0 radical (unpaired) electrons. The molecular weight excluding hydrogens is 346 g/mol. The van der Waals surface area contributed by atoms with Crippen LogP contribution in [0.15, 0.2) is 53.6 Å². The predicted molar refractivity (Wildman–Crippen MR) is 83.2 cm³/mol. The largest absolute Gasteiger partial charge is 0.394 e. The van der Waals surface area contributed by atoms with Gasteiger partial charge in [-0.1, -0.05) is 30.3 Å². The Kier molecular flexibility index (Phi) is 4.63. The van der Waals surface area contributed by atoms with Gasteiger partial charge in [-0.25, -0.2) is 0 Å². The molecule has 0 unspecified atom stereocenters. The predicted octanol–water partition coefficient (Wildman–Crippen LogP) is 1.98. The van der Waals surface area contributed by atoms with Crippen LogP contribution < -0.4 is 0 Å². The van der Waals surface area contributed by atoms with Crippen LogP contribution in [-0.2, 0) is 20.5 Å². The first-order chi connectivity index (χ1) is 10.6. The van der Waals surface area contributed by atoms with Crippen molar-refractivity contribution < 1.29 is 30.5 Å². The molecule has 0 saturated heterocycles. The Hall–Kier alpha value is -2.11. The van der Waals surface area contributed by atoms with Crippen molar-refractivity contribution in [2.45, 2.75) is 4.90 Å². The second-order valence-electron chi connectivity index (χ2n) is 4.42. The average Bonchev–Trinajstić information content (AvgIpc) is 2.43. The SMILES string of the molecule is O=S(=O)(O)O.O=S(=O)(O)c1cc2cccnc2c2ccccc12. The standard InChI is InChI=1S/C13H9NO3S.H2O4S/c15-18(16,17)12-8-9-4-3-7-14-13(9)11-6-2-1-5-10(11)12;1-5(2,3)4/h1-8H,(H,15,16,17);(H2,1,2,3,4). The topological polar surface area (TPSA) is 142 Å². The van der Waals surface area contributed by atoms with Gasteiger partial charge in [0.1, 0.15) is 4.90 Å². The van der Waals surface area contributed by atoms with E-state index in [2.05, 4.69) is 4.98 Å². The van der Waals surface area contributed by atoms with E-state index in [1.807, 2.05) is 6.07 Å². The van der Waals surface area contributed by atoms with E-state index in [4.69, 9.17) is 17.5 Å². The summed E-state index contributed by atoms with van der Waals surface area (Å²) in [6.07, 6.45) is 1.65. The summed E-state index contributed by atoms with van der Waals surface area (Å²) >= 11 is 0. The number of benzene rings is 2. The van der Waals surface area contributed by atoms with E-state index >= 15 is 0 Å². The smallest absolute Gasteiger partial charge is 0.282 e. The molecule has 2 aromatic carbocycles. The highest BCUT2D eigenvalue weighted by atomic mass is 32.3. The van der Waals surface area contributed by atoms with Crippen LogP contribution in [0.4, 0.5) is 0 Å². The van der Waals surface area contributed by atoms with Gasteiger partial charge in [-0.15, -0.1) is 0 Å². The van der Waals surface area contributed by atoms with Crippen LogP contribution in [0.25, 0.3) is 21.7 Å². The van der Waals surface area contributed by atoms with Gasteiger partial charge in [-0.2, -0.15) is 16.8 Å². The molecule has 3 aromatic rings. The van der Waals surface area contributed by atoms with E-state index in [1.165, 1.54) is 6.07 Å². The van der Waals surface area contributed by atoms with Gasteiger partial charge in [0, 0.05) is 22.4 Å². The summed E-state index contributed by atoms with van der Waals surface area (Å²) in [5, 5.41) is 1.87. The summed E-state index contributed by atoms with van der Waals surface area (Å²) in [5.74, 6) is 0. The first-order valence-electron chi connectivity index (χ1n) is 6.01. The fourth-order valence-electron chi connectivity index (χ4n) is 2.10. The molecule has 0 atom stereocenters. The third-order valence-corrected chi connectivity index (χ3v) is 3.74. The Bertz CT molecular complexity index is 1070. The molecule has 8 nitrogen and oxygen atoms in total. The molecule has 0 bridgehead atoms. The lowest BCUT2D eigenvalue weighted by Crippen LogP contribution is -1.99. The number of hydrogen-bond donors (Lipinski definition) is 3. The third kappa shape index (κ3) is 4.43. The van der Waals surface area contributed by atoms with Crippen molar-refractivity contribution in [3.63, 3.8) is 0 Å². The quantitative estimate of drug-likeness (QED) is 0.443. The van der Waals surface area contributed by atoms with Crippen molar-refractivity contribution in [1.29, 1.82) is 0 Å². The fourth-order valence-corrected chi connectivity index (χ4v) is 2.83. The molecule has 10 heteroatoms. The van der Waals surface area contributed by atoms with Gasteiger partial charge in [-0.3, -0.25) is 18.6 Å². The van der Waals surface area contributed by atoms with Gasteiger partial charge in [0.25, 0.3) is 10.1 Å². The average molecular weight is 357 g/mol. The van der Waals surface area contributed by atoms with Crippen LogP contribution >= 0.6 is 0 Å². The molecule has 1 heterocycles. The van der Waals surface area contributed by atoms with Crippen LogP contribution in [0.5, 0.6) is 0 Å². The van der Waals surface area contributed by atoms with E-state index in [-0.39, 0.29) is 4.90 Å². The Labute approximate surface area is 131 Å². The zero-order chi connectivity index (χ0) is 17.3. The van der Waals surface area contributed by atoms with Crippen molar-refractivity contribution >= 4 is 42.2 Å². The lowest BCUT2D eigenvalue weighted by atomic mass is 10.1. The molecule has 0 spiro atoms. The lowest BCUT2D eigenvalue weighted by molar-refractivity contribution is 0.381. The van der Waals surface area contributed by atoms with Gasteiger partial charge in [0.2, 0.25) is 0 Å². The molecule has 3 rings (SSSR count). The summed E-state index contributed by atoms with van der Waals surface area (Å²) in [6, 6.07) is 11.9.